The van der Waals surface area contributed by atoms with Crippen LogP contribution in [-0.4, -0.2) is 41.7 Å². The Labute approximate surface area is 202 Å². The lowest BCUT2D eigenvalue weighted by Crippen LogP contribution is -2.51. The first-order valence-electron chi connectivity index (χ1n) is 12.0. The number of benzene rings is 2. The maximum atomic E-state index is 13.4. The third-order valence-electron chi connectivity index (χ3n) is 6.15. The van der Waals surface area contributed by atoms with E-state index in [0.717, 1.165) is 41.9 Å². The minimum Gasteiger partial charge on any atom is -0.497 e. The minimum absolute atomic E-state index is 0.00638. The van der Waals surface area contributed by atoms with Crippen molar-refractivity contribution in [3.8, 4) is 5.75 Å². The predicted octanol–water partition coefficient (Wildman–Crippen LogP) is 5.43. The van der Waals surface area contributed by atoms with Crippen LogP contribution in [0.2, 0.25) is 0 Å². The fourth-order valence-corrected chi connectivity index (χ4v) is 5.21. The smallest absolute Gasteiger partial charge is 0.243 e. The highest BCUT2D eigenvalue weighted by molar-refractivity contribution is 7.99. The van der Waals surface area contributed by atoms with Gasteiger partial charge in [-0.25, -0.2) is 0 Å². The van der Waals surface area contributed by atoms with E-state index in [-0.39, 0.29) is 17.9 Å². The van der Waals surface area contributed by atoms with E-state index in [0.29, 0.717) is 25.1 Å². The summed E-state index contributed by atoms with van der Waals surface area (Å²) in [6.45, 7) is 2.37. The molecular weight excluding hydrogens is 432 g/mol. The zero-order chi connectivity index (χ0) is 23.5. The summed E-state index contributed by atoms with van der Waals surface area (Å²) in [4.78, 5) is 29.6. The maximum absolute atomic E-state index is 13.4. The second-order valence-electron chi connectivity index (χ2n) is 8.55. The third kappa shape index (κ3) is 7.81. The fourth-order valence-electron chi connectivity index (χ4n) is 4.35. The first kappa shape index (κ1) is 25.2. The predicted molar refractivity (Wildman–Crippen MR) is 134 cm³/mol. The van der Waals surface area contributed by atoms with Crippen LogP contribution in [0.25, 0.3) is 0 Å². The van der Waals surface area contributed by atoms with E-state index < -0.39 is 6.04 Å². The van der Waals surface area contributed by atoms with Crippen molar-refractivity contribution in [2.45, 2.75) is 75.4 Å². The summed E-state index contributed by atoms with van der Waals surface area (Å²) in [6.07, 6.45) is 6.58. The Morgan fingerprint density at radius 1 is 1.09 bits per heavy atom. The van der Waals surface area contributed by atoms with Gasteiger partial charge in [-0.2, -0.15) is 0 Å². The number of carbonyl (C=O) groups is 2. The van der Waals surface area contributed by atoms with Crippen LogP contribution in [0.4, 0.5) is 0 Å². The molecule has 2 amide bonds. The first-order valence-corrected chi connectivity index (χ1v) is 13.0. The van der Waals surface area contributed by atoms with Gasteiger partial charge >= 0.3 is 0 Å². The standard InChI is InChI=1S/C27H36N2O3S/c1-3-25(27(31)28-22-12-6-4-7-13-22)29(20-21-11-10-14-23(19-21)32-2)26(30)17-18-33-24-15-8-5-9-16-24/h5,8-11,14-16,19,22,25H,3-4,6-7,12-13,17-18,20H2,1-2H3,(H,28,31). The third-order valence-corrected chi connectivity index (χ3v) is 7.17. The van der Waals surface area contributed by atoms with Gasteiger partial charge in [-0.15, -0.1) is 11.8 Å². The number of rotatable bonds is 11. The summed E-state index contributed by atoms with van der Waals surface area (Å²) < 4.78 is 5.36. The van der Waals surface area contributed by atoms with E-state index in [1.54, 1.807) is 23.8 Å². The van der Waals surface area contributed by atoms with E-state index in [1.807, 2.05) is 49.4 Å². The summed E-state index contributed by atoms with van der Waals surface area (Å²) in [5, 5.41) is 3.23. The molecule has 1 unspecified atom stereocenters. The Morgan fingerprint density at radius 2 is 1.85 bits per heavy atom. The normalized spacial score (nSPS) is 15.0. The largest absolute Gasteiger partial charge is 0.497 e. The number of hydrogen-bond donors (Lipinski definition) is 1. The fraction of sp³-hybridized carbons (Fsp3) is 0.481. The zero-order valence-electron chi connectivity index (χ0n) is 19.8. The van der Waals surface area contributed by atoms with Crippen molar-refractivity contribution in [1.29, 1.82) is 0 Å². The Balaban J connectivity index is 1.71. The molecule has 2 aromatic rings. The molecule has 1 fully saturated rings. The zero-order valence-corrected chi connectivity index (χ0v) is 20.6. The van der Waals surface area contributed by atoms with Crippen LogP contribution in [-0.2, 0) is 16.1 Å². The average Bonchev–Trinajstić information content (AvgIpc) is 2.85. The number of ether oxygens (including phenoxy) is 1. The molecule has 2 aromatic carbocycles. The molecule has 1 aliphatic carbocycles. The van der Waals surface area contributed by atoms with Crippen LogP contribution >= 0.6 is 11.8 Å². The highest BCUT2D eigenvalue weighted by atomic mass is 32.2. The van der Waals surface area contributed by atoms with Crippen molar-refractivity contribution in [2.24, 2.45) is 0 Å². The lowest BCUT2D eigenvalue weighted by atomic mass is 9.95. The van der Waals surface area contributed by atoms with E-state index in [2.05, 4.69) is 17.4 Å². The highest BCUT2D eigenvalue weighted by Crippen LogP contribution is 2.22. The number of methoxy groups -OCH3 is 1. The molecule has 33 heavy (non-hydrogen) atoms. The average molecular weight is 469 g/mol. The molecule has 178 valence electrons. The number of hydrogen-bond acceptors (Lipinski definition) is 4. The van der Waals surface area contributed by atoms with Gasteiger partial charge in [0.2, 0.25) is 11.8 Å². The van der Waals surface area contributed by atoms with E-state index in [4.69, 9.17) is 4.74 Å². The van der Waals surface area contributed by atoms with Crippen LogP contribution in [0, 0.1) is 0 Å². The molecule has 0 spiro atoms. The van der Waals surface area contributed by atoms with Gasteiger partial charge in [0.05, 0.1) is 7.11 Å². The van der Waals surface area contributed by atoms with Crippen molar-refractivity contribution in [3.05, 3.63) is 60.2 Å². The Morgan fingerprint density at radius 3 is 2.55 bits per heavy atom. The number of amides is 2. The molecule has 1 atom stereocenters. The molecule has 0 aromatic heterocycles. The molecule has 0 aliphatic heterocycles. The summed E-state index contributed by atoms with van der Waals surface area (Å²) in [6, 6.07) is 17.6. The first-order chi connectivity index (χ1) is 16.1. The lowest BCUT2D eigenvalue weighted by molar-refractivity contribution is -0.141. The monoisotopic (exact) mass is 468 g/mol. The molecule has 0 saturated heterocycles. The van der Waals surface area contributed by atoms with Crippen LogP contribution in [0.1, 0.15) is 57.4 Å². The van der Waals surface area contributed by atoms with E-state index in [9.17, 15) is 9.59 Å². The Hall–Kier alpha value is -2.47. The van der Waals surface area contributed by atoms with Crippen molar-refractivity contribution >= 4 is 23.6 Å². The van der Waals surface area contributed by atoms with Gasteiger partial charge in [0.25, 0.3) is 0 Å². The van der Waals surface area contributed by atoms with Crippen LogP contribution in [0.3, 0.4) is 0 Å². The molecule has 0 radical (unpaired) electrons. The van der Waals surface area contributed by atoms with Crippen molar-refractivity contribution in [1.82, 2.24) is 10.2 Å². The second kappa shape index (κ2) is 13.3. The van der Waals surface area contributed by atoms with E-state index in [1.165, 1.54) is 6.42 Å². The van der Waals surface area contributed by atoms with Crippen molar-refractivity contribution in [2.75, 3.05) is 12.9 Å². The van der Waals surface area contributed by atoms with Crippen molar-refractivity contribution in [3.63, 3.8) is 0 Å². The minimum atomic E-state index is -0.479. The Bertz CT molecular complexity index is 884. The molecule has 0 bridgehead atoms. The van der Waals surface area contributed by atoms with Gasteiger partial charge < -0.3 is 15.0 Å². The van der Waals surface area contributed by atoms with Crippen LogP contribution in [0.15, 0.2) is 59.5 Å². The highest BCUT2D eigenvalue weighted by Gasteiger charge is 2.30. The molecular formula is C27H36N2O3S. The van der Waals surface area contributed by atoms with E-state index >= 15 is 0 Å². The molecule has 1 N–H and O–H groups in total. The van der Waals surface area contributed by atoms with Crippen LogP contribution in [0.5, 0.6) is 5.75 Å². The second-order valence-corrected chi connectivity index (χ2v) is 9.72. The number of nitrogens with zero attached hydrogens (tertiary/aromatic N) is 1. The van der Waals surface area contributed by atoms with Gasteiger partial charge in [-0.05, 0) is 49.1 Å². The van der Waals surface area contributed by atoms with Gasteiger partial charge in [-0.3, -0.25) is 9.59 Å². The summed E-state index contributed by atoms with van der Waals surface area (Å²) in [5.74, 6) is 1.40. The van der Waals surface area contributed by atoms with Crippen LogP contribution < -0.4 is 10.1 Å². The van der Waals surface area contributed by atoms with Crippen molar-refractivity contribution < 1.29 is 14.3 Å². The topological polar surface area (TPSA) is 58.6 Å². The summed E-state index contributed by atoms with van der Waals surface area (Å²) >= 11 is 1.67. The molecule has 0 heterocycles. The Kier molecular flexibility index (Phi) is 10.1. The number of nitrogens with one attached hydrogen (secondary N) is 1. The van der Waals surface area contributed by atoms with Gasteiger partial charge in [0, 0.05) is 29.7 Å². The number of thioether (sulfide) groups is 1. The molecule has 1 aliphatic rings. The van der Waals surface area contributed by atoms with Gasteiger partial charge in [-0.1, -0.05) is 56.5 Å². The lowest BCUT2D eigenvalue weighted by Gasteiger charge is -2.33. The van der Waals surface area contributed by atoms with Gasteiger partial charge in [0.15, 0.2) is 0 Å². The molecule has 1 saturated carbocycles. The summed E-state index contributed by atoms with van der Waals surface area (Å²) in [5.41, 5.74) is 0.960. The van der Waals surface area contributed by atoms with Gasteiger partial charge in [0.1, 0.15) is 11.8 Å². The molecule has 5 nitrogen and oxygen atoms in total. The quantitative estimate of drug-likeness (QED) is 0.447. The maximum Gasteiger partial charge on any atom is 0.243 e. The SMILES string of the molecule is CCC(C(=O)NC1CCCCC1)N(Cc1cccc(OC)c1)C(=O)CCSc1ccccc1. The summed E-state index contributed by atoms with van der Waals surface area (Å²) in [7, 11) is 1.63. The molecule has 6 heteroatoms. The number of carbonyl (C=O) groups excluding carboxylic acids is 2. The molecule has 3 rings (SSSR count).